The van der Waals surface area contributed by atoms with Gasteiger partial charge in [0.15, 0.2) is 5.17 Å². The highest BCUT2D eigenvalue weighted by molar-refractivity contribution is 8.14. The molecule has 0 fully saturated rings. The highest BCUT2D eigenvalue weighted by atomic mass is 32.2. The standard InChI is InChI=1S/C11H15N3O3S2/c1-17-10-6-4-3-5-9(10)14(19(2,15)16)13-11-12-7-8-18-11/h3-6H,7-8H2,1-2H3,(H,12,13). The maximum Gasteiger partial charge on any atom is 0.249 e. The van der Waals surface area contributed by atoms with Crippen LogP contribution in [0, 0.1) is 0 Å². The number of nitrogens with zero attached hydrogens (tertiary/aromatic N) is 2. The number of rotatable bonds is 4. The van der Waals surface area contributed by atoms with Crippen molar-refractivity contribution in [1.82, 2.24) is 5.43 Å². The minimum atomic E-state index is -3.49. The zero-order valence-electron chi connectivity index (χ0n) is 10.7. The topological polar surface area (TPSA) is 71.0 Å². The van der Waals surface area contributed by atoms with E-state index in [1.165, 1.54) is 18.9 Å². The third-order valence-corrected chi connectivity index (χ3v) is 4.25. The Balaban J connectivity index is 2.37. The number of sulfonamides is 1. The molecule has 1 aromatic rings. The number of amidine groups is 1. The number of hydrogen-bond donors (Lipinski definition) is 1. The average molecular weight is 301 g/mol. The molecule has 1 aliphatic heterocycles. The Morgan fingerprint density at radius 1 is 1.42 bits per heavy atom. The van der Waals surface area contributed by atoms with Crippen molar-refractivity contribution in [2.75, 3.05) is 30.1 Å². The Hall–Kier alpha value is -1.41. The largest absolute Gasteiger partial charge is 0.494 e. The Labute approximate surface area is 116 Å². The van der Waals surface area contributed by atoms with Gasteiger partial charge < -0.3 is 4.74 Å². The quantitative estimate of drug-likeness (QED) is 0.842. The molecule has 0 unspecified atom stereocenters. The minimum absolute atomic E-state index is 0.433. The number of ether oxygens (including phenoxy) is 1. The van der Waals surface area contributed by atoms with Gasteiger partial charge in [0.1, 0.15) is 11.4 Å². The number of para-hydroxylation sites is 2. The van der Waals surface area contributed by atoms with Crippen molar-refractivity contribution in [3.05, 3.63) is 24.3 Å². The third kappa shape index (κ3) is 3.32. The first kappa shape index (κ1) is 14.0. The SMILES string of the molecule is COc1ccccc1N(NC1=NCCS1)S(C)(=O)=O. The van der Waals surface area contributed by atoms with E-state index in [2.05, 4.69) is 10.4 Å². The zero-order valence-corrected chi connectivity index (χ0v) is 12.3. The van der Waals surface area contributed by atoms with Crippen LogP contribution in [0.4, 0.5) is 5.69 Å². The van der Waals surface area contributed by atoms with Crippen LogP contribution in [-0.4, -0.2) is 39.2 Å². The van der Waals surface area contributed by atoms with Gasteiger partial charge in [0.2, 0.25) is 10.0 Å². The molecule has 0 atom stereocenters. The van der Waals surface area contributed by atoms with Gasteiger partial charge in [-0.25, -0.2) is 8.42 Å². The van der Waals surface area contributed by atoms with Gasteiger partial charge >= 0.3 is 0 Å². The van der Waals surface area contributed by atoms with Crippen LogP contribution >= 0.6 is 11.8 Å². The van der Waals surface area contributed by atoms with E-state index in [9.17, 15) is 8.42 Å². The van der Waals surface area contributed by atoms with E-state index in [-0.39, 0.29) is 0 Å². The molecule has 0 bridgehead atoms. The summed E-state index contributed by atoms with van der Waals surface area (Å²) in [6.07, 6.45) is 1.13. The fraction of sp³-hybridized carbons (Fsp3) is 0.364. The van der Waals surface area contributed by atoms with Crippen molar-refractivity contribution in [2.24, 2.45) is 4.99 Å². The summed E-state index contributed by atoms with van der Waals surface area (Å²) in [5, 5.41) is 0.594. The molecule has 0 radical (unpaired) electrons. The van der Waals surface area contributed by atoms with Gasteiger partial charge in [-0.3, -0.25) is 10.4 Å². The lowest BCUT2D eigenvalue weighted by atomic mass is 10.3. The van der Waals surface area contributed by atoms with Crippen LogP contribution in [0.25, 0.3) is 0 Å². The van der Waals surface area contributed by atoms with Crippen molar-refractivity contribution >= 4 is 32.6 Å². The highest BCUT2D eigenvalue weighted by Crippen LogP contribution is 2.28. The average Bonchev–Trinajstić information content (AvgIpc) is 2.87. The van der Waals surface area contributed by atoms with Crippen LogP contribution in [0.3, 0.4) is 0 Å². The minimum Gasteiger partial charge on any atom is -0.494 e. The second-order valence-corrected chi connectivity index (χ2v) is 6.76. The Morgan fingerprint density at radius 3 is 2.74 bits per heavy atom. The van der Waals surface area contributed by atoms with Gasteiger partial charge in [-0.15, -0.1) is 0 Å². The van der Waals surface area contributed by atoms with E-state index < -0.39 is 10.0 Å². The number of anilines is 1. The van der Waals surface area contributed by atoms with Crippen LogP contribution in [0.15, 0.2) is 29.3 Å². The summed E-state index contributed by atoms with van der Waals surface area (Å²) >= 11 is 1.49. The Morgan fingerprint density at radius 2 is 2.16 bits per heavy atom. The molecule has 104 valence electrons. The fourth-order valence-electron chi connectivity index (χ4n) is 1.61. The first-order chi connectivity index (χ1) is 9.02. The van der Waals surface area contributed by atoms with Crippen molar-refractivity contribution in [3.63, 3.8) is 0 Å². The van der Waals surface area contributed by atoms with Crippen LogP contribution < -0.4 is 14.6 Å². The molecule has 1 heterocycles. The van der Waals surface area contributed by atoms with Crippen LogP contribution in [-0.2, 0) is 10.0 Å². The molecule has 8 heteroatoms. The number of thioether (sulfide) groups is 1. The van der Waals surface area contributed by atoms with Crippen LogP contribution in [0.1, 0.15) is 0 Å². The smallest absolute Gasteiger partial charge is 0.249 e. The maximum atomic E-state index is 11.9. The summed E-state index contributed by atoms with van der Waals surface area (Å²) in [6, 6.07) is 6.91. The van der Waals surface area contributed by atoms with Gasteiger partial charge in [0, 0.05) is 5.75 Å². The first-order valence-electron chi connectivity index (χ1n) is 5.59. The summed E-state index contributed by atoms with van der Waals surface area (Å²) < 4.78 is 30.1. The van der Waals surface area contributed by atoms with E-state index in [0.717, 1.165) is 16.4 Å². The summed E-state index contributed by atoms with van der Waals surface area (Å²) in [7, 11) is -1.99. The monoisotopic (exact) mass is 301 g/mol. The molecular formula is C11H15N3O3S2. The Kier molecular flexibility index (Phi) is 4.20. The molecule has 0 saturated carbocycles. The van der Waals surface area contributed by atoms with Crippen molar-refractivity contribution < 1.29 is 13.2 Å². The summed E-state index contributed by atoms with van der Waals surface area (Å²) in [6.45, 7) is 0.691. The number of nitrogens with one attached hydrogen (secondary N) is 1. The van der Waals surface area contributed by atoms with Crippen LogP contribution in [0.5, 0.6) is 5.75 Å². The molecule has 1 aromatic carbocycles. The van der Waals surface area contributed by atoms with Gasteiger partial charge in [-0.1, -0.05) is 23.9 Å². The molecule has 0 aliphatic carbocycles. The number of hydrogen-bond acceptors (Lipinski definition) is 6. The normalized spacial score (nSPS) is 14.9. The predicted molar refractivity (Wildman–Crippen MR) is 78.2 cm³/mol. The van der Waals surface area contributed by atoms with Gasteiger partial charge in [0.25, 0.3) is 0 Å². The van der Waals surface area contributed by atoms with Gasteiger partial charge in [-0.2, -0.15) is 4.41 Å². The summed E-state index contributed by atoms with van der Waals surface area (Å²) in [4.78, 5) is 4.19. The maximum absolute atomic E-state index is 11.9. The third-order valence-electron chi connectivity index (χ3n) is 2.42. The molecular weight excluding hydrogens is 286 g/mol. The Bertz CT molecular complexity index is 587. The molecule has 0 saturated heterocycles. The van der Waals surface area contributed by atoms with Crippen molar-refractivity contribution in [2.45, 2.75) is 0 Å². The fourth-order valence-corrected chi connectivity index (χ4v) is 3.14. The van der Waals surface area contributed by atoms with E-state index in [4.69, 9.17) is 4.74 Å². The molecule has 0 amide bonds. The molecule has 1 N–H and O–H groups in total. The summed E-state index contributed by atoms with van der Waals surface area (Å²) in [5.41, 5.74) is 3.26. The molecule has 6 nitrogen and oxygen atoms in total. The first-order valence-corrected chi connectivity index (χ1v) is 8.43. The van der Waals surface area contributed by atoms with E-state index in [1.54, 1.807) is 24.3 Å². The molecule has 1 aliphatic rings. The van der Waals surface area contributed by atoms with Crippen molar-refractivity contribution in [1.29, 1.82) is 0 Å². The number of aliphatic imine (C=N–C) groups is 1. The lowest BCUT2D eigenvalue weighted by Crippen LogP contribution is -2.44. The van der Waals surface area contributed by atoms with E-state index >= 15 is 0 Å². The lowest BCUT2D eigenvalue weighted by molar-refractivity contribution is 0.415. The lowest BCUT2D eigenvalue weighted by Gasteiger charge is -2.24. The second kappa shape index (κ2) is 5.70. The van der Waals surface area contributed by atoms with Gasteiger partial charge in [0.05, 0.1) is 19.9 Å². The highest BCUT2D eigenvalue weighted by Gasteiger charge is 2.23. The van der Waals surface area contributed by atoms with E-state index in [0.29, 0.717) is 23.1 Å². The molecule has 0 aromatic heterocycles. The molecule has 0 spiro atoms. The predicted octanol–water partition coefficient (Wildman–Crippen LogP) is 1.07. The van der Waals surface area contributed by atoms with E-state index in [1.807, 2.05) is 0 Å². The summed E-state index contributed by atoms with van der Waals surface area (Å²) in [5.74, 6) is 1.33. The second-order valence-electron chi connectivity index (χ2n) is 3.85. The number of hydrazine groups is 1. The molecule has 19 heavy (non-hydrogen) atoms. The van der Waals surface area contributed by atoms with Crippen molar-refractivity contribution in [3.8, 4) is 5.75 Å². The van der Waals surface area contributed by atoms with Gasteiger partial charge in [-0.05, 0) is 12.1 Å². The zero-order chi connectivity index (χ0) is 13.9. The number of methoxy groups -OCH3 is 1. The van der Waals surface area contributed by atoms with Crippen LogP contribution in [0.2, 0.25) is 0 Å². The number of benzene rings is 1. The molecule has 2 rings (SSSR count).